The van der Waals surface area contributed by atoms with E-state index < -0.39 is 41.1 Å². The number of urea groups is 1. The van der Waals surface area contributed by atoms with E-state index >= 15 is 0 Å². The molecule has 0 radical (unpaired) electrons. The summed E-state index contributed by atoms with van der Waals surface area (Å²) in [7, 11) is 0. The number of rotatable bonds is 10. The van der Waals surface area contributed by atoms with Crippen molar-refractivity contribution < 1.29 is 27.9 Å². The van der Waals surface area contributed by atoms with E-state index in [1.165, 1.54) is 43.4 Å². The van der Waals surface area contributed by atoms with Crippen molar-refractivity contribution >= 4 is 35.1 Å². The molecule has 12 nitrogen and oxygen atoms in total. The SMILES string of the molecule is N=C(N)N1CCCC(C[C@H]2C(=O)N(C(=O)N3CCN(S(=O)OCCCCC4CCCCC4)CC3)C2C(=O)O)C1. The Balaban J connectivity index is 1.19. The largest absolute Gasteiger partial charge is 0.480 e. The quantitative estimate of drug-likeness (QED) is 0.156. The van der Waals surface area contributed by atoms with Crippen molar-refractivity contribution in [2.24, 2.45) is 23.5 Å². The van der Waals surface area contributed by atoms with Crippen LogP contribution in [-0.2, 0) is 25.0 Å². The summed E-state index contributed by atoms with van der Waals surface area (Å²) in [6.45, 7) is 2.77. The van der Waals surface area contributed by atoms with Gasteiger partial charge in [0.1, 0.15) is 0 Å². The predicted molar refractivity (Wildman–Crippen MR) is 146 cm³/mol. The number of carbonyl (C=O) groups is 3. The molecular weight excluding hydrogens is 524 g/mol. The summed E-state index contributed by atoms with van der Waals surface area (Å²) in [6.07, 6.45) is 11.9. The molecule has 0 spiro atoms. The van der Waals surface area contributed by atoms with Crippen molar-refractivity contribution in [1.82, 2.24) is 19.0 Å². The molecule has 4 atom stereocenters. The third-order valence-corrected chi connectivity index (χ3v) is 9.91. The maximum Gasteiger partial charge on any atom is 0.327 e. The first kappa shape index (κ1) is 29.7. The molecule has 13 heteroatoms. The lowest BCUT2D eigenvalue weighted by Gasteiger charge is -2.47. The number of piperidine rings is 1. The number of amides is 3. The van der Waals surface area contributed by atoms with Gasteiger partial charge in [-0.05, 0) is 37.5 Å². The number of nitrogens with one attached hydrogen (secondary N) is 1. The fraction of sp³-hybridized carbons (Fsp3) is 0.846. The number of carbonyl (C=O) groups excluding carboxylic acids is 2. The fourth-order valence-electron chi connectivity index (χ4n) is 6.51. The zero-order chi connectivity index (χ0) is 27.9. The molecule has 1 saturated carbocycles. The number of piperazine rings is 1. The van der Waals surface area contributed by atoms with Crippen LogP contribution in [0, 0.1) is 23.2 Å². The summed E-state index contributed by atoms with van der Waals surface area (Å²) in [5.74, 6) is -1.57. The highest BCUT2D eigenvalue weighted by Crippen LogP contribution is 2.36. The van der Waals surface area contributed by atoms with Gasteiger partial charge >= 0.3 is 12.0 Å². The highest BCUT2D eigenvalue weighted by atomic mass is 32.2. The van der Waals surface area contributed by atoms with Crippen LogP contribution >= 0.6 is 0 Å². The molecule has 3 unspecified atom stereocenters. The maximum absolute atomic E-state index is 13.1. The first-order valence-electron chi connectivity index (χ1n) is 14.5. The molecule has 3 aliphatic heterocycles. The second-order valence-corrected chi connectivity index (χ2v) is 12.6. The Hall–Kier alpha value is -2.25. The van der Waals surface area contributed by atoms with E-state index in [1.54, 1.807) is 9.21 Å². The summed E-state index contributed by atoms with van der Waals surface area (Å²) in [4.78, 5) is 42.2. The Morgan fingerprint density at radius 3 is 2.33 bits per heavy atom. The molecule has 3 amide bonds. The van der Waals surface area contributed by atoms with E-state index in [0.717, 1.165) is 36.5 Å². The van der Waals surface area contributed by atoms with E-state index in [-0.39, 0.29) is 25.0 Å². The zero-order valence-electron chi connectivity index (χ0n) is 22.8. The van der Waals surface area contributed by atoms with Crippen molar-refractivity contribution in [3.63, 3.8) is 0 Å². The van der Waals surface area contributed by atoms with E-state index in [1.807, 2.05) is 0 Å². The van der Waals surface area contributed by atoms with Crippen LogP contribution in [0.1, 0.15) is 70.6 Å². The van der Waals surface area contributed by atoms with Crippen molar-refractivity contribution in [3.8, 4) is 0 Å². The monoisotopic (exact) mass is 568 g/mol. The lowest BCUT2D eigenvalue weighted by molar-refractivity contribution is -0.167. The van der Waals surface area contributed by atoms with E-state index in [9.17, 15) is 23.7 Å². The average Bonchev–Trinajstić information content (AvgIpc) is 2.94. The number of nitrogens with zero attached hydrogens (tertiary/aromatic N) is 4. The molecule has 0 aromatic rings. The molecule has 0 bridgehead atoms. The highest BCUT2D eigenvalue weighted by molar-refractivity contribution is 7.77. The second-order valence-electron chi connectivity index (χ2n) is 11.4. The van der Waals surface area contributed by atoms with Crippen LogP contribution in [0.25, 0.3) is 0 Å². The molecule has 0 aromatic heterocycles. The Labute approximate surface area is 233 Å². The van der Waals surface area contributed by atoms with Crippen molar-refractivity contribution in [1.29, 1.82) is 5.41 Å². The molecule has 3 heterocycles. The molecular formula is C26H44N6O6S. The number of aliphatic carboxylic acids is 1. The molecule has 4 rings (SSSR count). The number of imide groups is 1. The van der Waals surface area contributed by atoms with Crippen LogP contribution in [0.5, 0.6) is 0 Å². The lowest BCUT2D eigenvalue weighted by atomic mass is 9.78. The van der Waals surface area contributed by atoms with Gasteiger partial charge in [0.15, 0.2) is 12.0 Å². The average molecular weight is 569 g/mol. The maximum atomic E-state index is 13.1. The summed E-state index contributed by atoms with van der Waals surface area (Å²) in [5, 5.41) is 17.5. The number of carboxylic acid groups (broad SMARTS) is 1. The molecule has 39 heavy (non-hydrogen) atoms. The Bertz CT molecular complexity index is 923. The Kier molecular flexibility index (Phi) is 10.6. The van der Waals surface area contributed by atoms with E-state index in [4.69, 9.17) is 15.3 Å². The second kappa shape index (κ2) is 13.9. The van der Waals surface area contributed by atoms with Crippen molar-refractivity contribution in [2.45, 2.75) is 76.7 Å². The smallest absolute Gasteiger partial charge is 0.327 e. The van der Waals surface area contributed by atoms with Crippen molar-refractivity contribution in [2.75, 3.05) is 45.9 Å². The molecule has 4 fully saturated rings. The number of nitrogens with two attached hydrogens (primary N) is 1. The van der Waals surface area contributed by atoms with Gasteiger partial charge < -0.3 is 20.6 Å². The molecule has 4 aliphatic rings. The standard InChI is InChI=1S/C26H44N6O6S/c27-25(28)30-11-6-10-20(18-30)17-21-22(24(34)35)32(23(21)33)26(36)29-12-14-31(15-13-29)39(37)38-16-5-4-9-19-7-2-1-3-8-19/h19-22H,1-18H2,(H3,27,28)(H,34,35)/t20?,21-,22?,39?/m1/s1. The molecule has 0 aromatic carbocycles. The minimum absolute atomic E-state index is 0.0219. The third-order valence-electron chi connectivity index (χ3n) is 8.76. The number of hydrogen-bond acceptors (Lipinski definition) is 6. The van der Waals surface area contributed by atoms with Crippen LogP contribution in [0.3, 0.4) is 0 Å². The normalized spacial score (nSPS) is 27.7. The Morgan fingerprint density at radius 2 is 1.67 bits per heavy atom. The van der Waals surface area contributed by atoms with Crippen LogP contribution in [-0.4, -0.2) is 104 Å². The van der Waals surface area contributed by atoms with Gasteiger partial charge in [0, 0.05) is 39.3 Å². The van der Waals surface area contributed by atoms with Gasteiger partial charge in [-0.25, -0.2) is 18.7 Å². The lowest BCUT2D eigenvalue weighted by Crippen LogP contribution is -2.69. The first-order valence-corrected chi connectivity index (χ1v) is 15.5. The van der Waals surface area contributed by atoms with Gasteiger partial charge in [-0.15, -0.1) is 0 Å². The molecule has 220 valence electrons. The zero-order valence-corrected chi connectivity index (χ0v) is 23.6. The first-order chi connectivity index (χ1) is 18.8. The minimum atomic E-state index is -1.59. The summed E-state index contributed by atoms with van der Waals surface area (Å²) >= 11 is -1.59. The summed E-state index contributed by atoms with van der Waals surface area (Å²) < 4.78 is 19.8. The van der Waals surface area contributed by atoms with Crippen LogP contribution in [0.2, 0.25) is 0 Å². The van der Waals surface area contributed by atoms with Crippen LogP contribution < -0.4 is 5.73 Å². The van der Waals surface area contributed by atoms with Crippen LogP contribution in [0.4, 0.5) is 4.79 Å². The summed E-state index contributed by atoms with van der Waals surface area (Å²) in [5.41, 5.74) is 5.60. The summed E-state index contributed by atoms with van der Waals surface area (Å²) in [6, 6.07) is -1.80. The van der Waals surface area contributed by atoms with E-state index in [0.29, 0.717) is 39.2 Å². The number of unbranched alkanes of at least 4 members (excludes halogenated alkanes) is 1. The molecule has 4 N–H and O–H groups in total. The van der Waals surface area contributed by atoms with Crippen molar-refractivity contribution in [3.05, 3.63) is 0 Å². The number of likely N-dealkylation sites (tertiary alicyclic amines) is 2. The topological polar surface area (TPSA) is 161 Å². The van der Waals surface area contributed by atoms with Gasteiger partial charge in [-0.1, -0.05) is 44.9 Å². The predicted octanol–water partition coefficient (Wildman–Crippen LogP) is 1.98. The number of carboxylic acids is 1. The number of guanidine groups is 1. The van der Waals surface area contributed by atoms with Gasteiger partial charge in [0.05, 0.1) is 12.5 Å². The number of β-lactam (4-membered cyclic amide) rings is 1. The molecule has 1 aliphatic carbocycles. The fourth-order valence-corrected chi connectivity index (χ4v) is 7.38. The highest BCUT2D eigenvalue weighted by Gasteiger charge is 2.56. The van der Waals surface area contributed by atoms with Gasteiger partial charge in [-0.3, -0.25) is 14.4 Å². The molecule has 3 saturated heterocycles. The van der Waals surface area contributed by atoms with Gasteiger partial charge in [-0.2, -0.15) is 4.31 Å². The van der Waals surface area contributed by atoms with Gasteiger partial charge in [0.2, 0.25) is 17.2 Å². The Morgan fingerprint density at radius 1 is 0.974 bits per heavy atom. The number of hydrogen-bond donors (Lipinski definition) is 3. The van der Waals surface area contributed by atoms with E-state index in [2.05, 4.69) is 0 Å². The minimum Gasteiger partial charge on any atom is -0.480 e. The van der Waals surface area contributed by atoms with Crippen LogP contribution in [0.15, 0.2) is 0 Å². The van der Waals surface area contributed by atoms with Gasteiger partial charge in [0.25, 0.3) is 0 Å². The third kappa shape index (κ3) is 7.49.